The van der Waals surface area contributed by atoms with Crippen LogP contribution in [0.25, 0.3) is 11.0 Å². The third-order valence-electron chi connectivity index (χ3n) is 5.64. The molecule has 0 aliphatic carbocycles. The number of carbonyl (C=O) groups is 2. The van der Waals surface area contributed by atoms with Crippen LogP contribution in [0.5, 0.6) is 11.5 Å². The maximum atomic E-state index is 13.7. The van der Waals surface area contributed by atoms with E-state index in [2.05, 4.69) is 13.5 Å². The van der Waals surface area contributed by atoms with Crippen LogP contribution in [0.1, 0.15) is 73.6 Å². The minimum absolute atomic E-state index is 0.159. The minimum Gasteiger partial charge on any atom is -0.506 e. The van der Waals surface area contributed by atoms with E-state index < -0.39 is 0 Å². The predicted octanol–water partition coefficient (Wildman–Crippen LogP) is 7.25. The van der Waals surface area contributed by atoms with Gasteiger partial charge in [0.25, 0.3) is 0 Å². The molecule has 0 aliphatic rings. The van der Waals surface area contributed by atoms with E-state index in [1.165, 1.54) is 0 Å². The number of amides is 1. The summed E-state index contributed by atoms with van der Waals surface area (Å²) in [4.78, 5) is 24.7. The van der Waals surface area contributed by atoms with Gasteiger partial charge in [-0.05, 0) is 88.7 Å². The standard InChI is InChI=1S/C27H29I2NO5/c1-3-4-8-16(2)34-18-11-12-19-23(15-18)35-22(9-6-5-7-10-24(30)31)25(19)26(32)17-13-20(28)27(33)21(29)14-17/h11-15,33H,2-10H2,1H3,(H2,30,31). The Bertz CT molecular complexity index is 1220. The number of aromatic hydroxyl groups is 1. The molecule has 0 atom stereocenters. The van der Waals surface area contributed by atoms with Crippen molar-refractivity contribution >= 4 is 67.8 Å². The molecule has 0 spiro atoms. The number of unbranched alkanes of at least 4 members (excludes halogenated alkanes) is 3. The number of halogens is 2. The highest BCUT2D eigenvalue weighted by Crippen LogP contribution is 2.34. The first-order chi connectivity index (χ1) is 16.7. The van der Waals surface area contributed by atoms with Crippen molar-refractivity contribution in [2.45, 2.75) is 58.3 Å². The lowest BCUT2D eigenvalue weighted by molar-refractivity contribution is -0.118. The number of aryl methyl sites for hydroxylation is 1. The highest BCUT2D eigenvalue weighted by atomic mass is 127. The van der Waals surface area contributed by atoms with E-state index in [4.69, 9.17) is 14.9 Å². The highest BCUT2D eigenvalue weighted by molar-refractivity contribution is 14.1. The lowest BCUT2D eigenvalue weighted by Gasteiger charge is -2.08. The summed E-state index contributed by atoms with van der Waals surface area (Å²) in [5.41, 5.74) is 6.82. The molecule has 6 nitrogen and oxygen atoms in total. The summed E-state index contributed by atoms with van der Waals surface area (Å²) in [6.45, 7) is 6.11. The number of benzene rings is 2. The van der Waals surface area contributed by atoms with Gasteiger partial charge in [-0.1, -0.05) is 26.3 Å². The third-order valence-corrected chi connectivity index (χ3v) is 7.28. The lowest BCUT2D eigenvalue weighted by Crippen LogP contribution is -2.09. The van der Waals surface area contributed by atoms with E-state index >= 15 is 0 Å². The number of primary amides is 1. The zero-order valence-corrected chi connectivity index (χ0v) is 24.0. The van der Waals surface area contributed by atoms with Crippen molar-refractivity contribution in [3.05, 3.63) is 66.7 Å². The van der Waals surface area contributed by atoms with Crippen LogP contribution in [-0.4, -0.2) is 16.8 Å². The zero-order chi connectivity index (χ0) is 25.5. The second-order valence-electron chi connectivity index (χ2n) is 8.45. The van der Waals surface area contributed by atoms with Gasteiger partial charge in [0.1, 0.15) is 22.8 Å². The molecule has 2 aromatic carbocycles. The van der Waals surface area contributed by atoms with Crippen LogP contribution in [0.3, 0.4) is 0 Å². The number of rotatable bonds is 13. The number of fused-ring (bicyclic) bond motifs is 1. The van der Waals surface area contributed by atoms with E-state index in [-0.39, 0.29) is 17.4 Å². The Morgan fingerprint density at radius 1 is 1.06 bits per heavy atom. The Morgan fingerprint density at radius 2 is 1.77 bits per heavy atom. The Labute approximate surface area is 232 Å². The molecule has 186 valence electrons. The fourth-order valence-electron chi connectivity index (χ4n) is 3.81. The van der Waals surface area contributed by atoms with Crippen molar-refractivity contribution in [2.24, 2.45) is 5.73 Å². The first-order valence-electron chi connectivity index (χ1n) is 11.6. The molecule has 8 heteroatoms. The molecule has 0 saturated heterocycles. The van der Waals surface area contributed by atoms with Gasteiger partial charge >= 0.3 is 0 Å². The molecule has 1 aromatic heterocycles. The summed E-state index contributed by atoms with van der Waals surface area (Å²) in [6, 6.07) is 8.84. The van der Waals surface area contributed by atoms with Gasteiger partial charge in [0.2, 0.25) is 5.91 Å². The summed E-state index contributed by atoms with van der Waals surface area (Å²) in [5, 5.41) is 10.8. The molecule has 3 rings (SSSR count). The number of allylic oxidation sites excluding steroid dienone is 1. The number of phenols is 1. The summed E-state index contributed by atoms with van der Waals surface area (Å²) < 4.78 is 13.3. The second-order valence-corrected chi connectivity index (χ2v) is 10.8. The molecule has 0 bridgehead atoms. The van der Waals surface area contributed by atoms with Gasteiger partial charge in [-0.25, -0.2) is 0 Å². The molecule has 35 heavy (non-hydrogen) atoms. The van der Waals surface area contributed by atoms with Crippen LogP contribution in [0.15, 0.2) is 47.1 Å². The largest absolute Gasteiger partial charge is 0.506 e. The van der Waals surface area contributed by atoms with Crippen molar-refractivity contribution in [3.8, 4) is 11.5 Å². The molecule has 0 aliphatic heterocycles. The Hall–Kier alpha value is -2.08. The molecule has 0 radical (unpaired) electrons. The Balaban J connectivity index is 1.95. The number of carbonyl (C=O) groups excluding carboxylic acids is 2. The van der Waals surface area contributed by atoms with Gasteiger partial charge in [-0.15, -0.1) is 0 Å². The molecular weight excluding hydrogens is 672 g/mol. The first kappa shape index (κ1) is 27.5. The molecule has 3 N–H and O–H groups in total. The Morgan fingerprint density at radius 3 is 2.43 bits per heavy atom. The highest BCUT2D eigenvalue weighted by Gasteiger charge is 2.24. The SMILES string of the molecule is C=C(CCCC)Oc1ccc2c(C(=O)c3cc(I)c(O)c(I)c3)c(CCCCCC(N)=O)oc2c1. The van der Waals surface area contributed by atoms with Crippen molar-refractivity contribution in [2.75, 3.05) is 0 Å². The second kappa shape index (κ2) is 12.8. The first-order valence-corrected chi connectivity index (χ1v) is 13.8. The van der Waals surface area contributed by atoms with E-state index in [0.717, 1.165) is 32.1 Å². The van der Waals surface area contributed by atoms with Gasteiger partial charge in [0.15, 0.2) is 5.78 Å². The molecule has 0 unspecified atom stereocenters. The number of hydrogen-bond donors (Lipinski definition) is 2. The molecule has 1 heterocycles. The van der Waals surface area contributed by atoms with Gasteiger partial charge in [0, 0.05) is 36.3 Å². The molecule has 1 amide bonds. The fourth-order valence-corrected chi connectivity index (χ4v) is 5.58. The van der Waals surface area contributed by atoms with Gasteiger partial charge in [0.05, 0.1) is 18.5 Å². The maximum Gasteiger partial charge on any atom is 0.217 e. The van der Waals surface area contributed by atoms with Crippen molar-refractivity contribution < 1.29 is 23.8 Å². The normalized spacial score (nSPS) is 11.1. The molecule has 3 aromatic rings. The minimum atomic E-state index is -0.311. The predicted molar refractivity (Wildman–Crippen MR) is 154 cm³/mol. The van der Waals surface area contributed by atoms with Crippen LogP contribution in [-0.2, 0) is 11.2 Å². The maximum absolute atomic E-state index is 13.7. The van der Waals surface area contributed by atoms with E-state index in [9.17, 15) is 14.7 Å². The number of hydrogen-bond acceptors (Lipinski definition) is 5. The quantitative estimate of drug-likeness (QED) is 0.0847. The third kappa shape index (κ3) is 7.22. The van der Waals surface area contributed by atoms with E-state index in [1.807, 2.05) is 57.3 Å². The van der Waals surface area contributed by atoms with Crippen molar-refractivity contribution in [1.29, 1.82) is 0 Å². The van der Waals surface area contributed by atoms with Gasteiger partial charge in [-0.2, -0.15) is 0 Å². The average Bonchev–Trinajstić information content (AvgIpc) is 3.17. The van der Waals surface area contributed by atoms with Crippen LogP contribution in [0.4, 0.5) is 0 Å². The zero-order valence-electron chi connectivity index (χ0n) is 19.7. The van der Waals surface area contributed by atoms with Gasteiger partial charge < -0.3 is 20.0 Å². The Kier molecular flexibility index (Phi) is 10.0. The molecule has 0 fully saturated rings. The fraction of sp³-hybridized carbons (Fsp3) is 0.333. The van der Waals surface area contributed by atoms with Crippen LogP contribution in [0.2, 0.25) is 0 Å². The van der Waals surface area contributed by atoms with Crippen molar-refractivity contribution in [3.63, 3.8) is 0 Å². The van der Waals surface area contributed by atoms with Gasteiger partial charge in [-0.3, -0.25) is 9.59 Å². The van der Waals surface area contributed by atoms with Crippen molar-refractivity contribution in [1.82, 2.24) is 0 Å². The van der Waals surface area contributed by atoms with Crippen LogP contribution < -0.4 is 10.5 Å². The monoisotopic (exact) mass is 701 g/mol. The van der Waals surface area contributed by atoms with E-state index in [0.29, 0.717) is 65.8 Å². The smallest absolute Gasteiger partial charge is 0.217 e. The lowest BCUT2D eigenvalue weighted by atomic mass is 9.98. The number of phenolic OH excluding ortho intramolecular Hbond substituents is 1. The van der Waals surface area contributed by atoms with E-state index in [1.54, 1.807) is 18.2 Å². The average molecular weight is 701 g/mol. The molecular formula is C27H29I2NO5. The van der Waals surface area contributed by atoms with Crippen LogP contribution >= 0.6 is 45.2 Å². The summed E-state index contributed by atoms with van der Waals surface area (Å²) in [7, 11) is 0. The topological polar surface area (TPSA) is 103 Å². The summed E-state index contributed by atoms with van der Waals surface area (Å²) in [6.07, 6.45) is 6.01. The number of ether oxygens (including phenoxy) is 1. The summed E-state index contributed by atoms with van der Waals surface area (Å²) in [5.74, 6) is 1.61. The number of furan rings is 1. The number of nitrogens with two attached hydrogens (primary N) is 1. The number of ketones is 1. The summed E-state index contributed by atoms with van der Waals surface area (Å²) >= 11 is 4.04. The molecule has 0 saturated carbocycles. The van der Waals surface area contributed by atoms with Crippen LogP contribution in [0, 0.1) is 7.14 Å².